The SMILES string of the molecule is CN(C)CC[CH2][In]1[CH2]CC[CH2]1. The number of rotatable bonds is 4. The van der Waals surface area contributed by atoms with Gasteiger partial charge in [0.05, 0.1) is 0 Å². The Morgan fingerprint density at radius 1 is 1.18 bits per heavy atom. The monoisotopic (exact) mass is 257 g/mol. The van der Waals surface area contributed by atoms with Crippen LogP contribution >= 0.6 is 0 Å². The Kier molecular flexibility index (Phi) is 4.93. The molecule has 1 saturated heterocycles. The van der Waals surface area contributed by atoms with Crippen molar-refractivity contribution in [2.24, 2.45) is 0 Å². The summed E-state index contributed by atoms with van der Waals surface area (Å²) in [6.45, 7) is 1.33. The quantitative estimate of drug-likeness (QED) is 0.746. The first kappa shape index (κ1) is 9.91. The Morgan fingerprint density at radius 2 is 1.82 bits per heavy atom. The normalized spacial score (nSPS) is 18.3. The first-order valence-corrected chi connectivity index (χ1v) is 11.9. The molecular formula is C9H20InN. The van der Waals surface area contributed by atoms with Gasteiger partial charge in [-0.3, -0.25) is 0 Å². The van der Waals surface area contributed by atoms with Crippen molar-refractivity contribution in [1.29, 1.82) is 0 Å². The van der Waals surface area contributed by atoms with E-state index in [4.69, 9.17) is 0 Å². The van der Waals surface area contributed by atoms with E-state index in [1.54, 1.807) is 25.4 Å². The van der Waals surface area contributed by atoms with Gasteiger partial charge in [-0.15, -0.1) is 0 Å². The molecule has 1 rings (SSSR count). The molecule has 0 spiro atoms. The van der Waals surface area contributed by atoms with Crippen LogP contribution < -0.4 is 0 Å². The van der Waals surface area contributed by atoms with Crippen LogP contribution in [0.5, 0.6) is 0 Å². The van der Waals surface area contributed by atoms with Crippen LogP contribution in [0.3, 0.4) is 0 Å². The summed E-state index contributed by atoms with van der Waals surface area (Å²) in [5.74, 6) is 0. The van der Waals surface area contributed by atoms with E-state index >= 15 is 0 Å². The molecule has 0 amide bonds. The van der Waals surface area contributed by atoms with Crippen molar-refractivity contribution in [2.45, 2.75) is 31.8 Å². The molecule has 0 aliphatic carbocycles. The second-order valence-corrected chi connectivity index (χ2v) is 14.0. The van der Waals surface area contributed by atoms with Crippen LogP contribution in [0.4, 0.5) is 0 Å². The van der Waals surface area contributed by atoms with Crippen LogP contribution in [0.1, 0.15) is 19.3 Å². The van der Waals surface area contributed by atoms with Gasteiger partial charge in [-0.05, 0) is 0 Å². The van der Waals surface area contributed by atoms with Crippen LogP contribution in [-0.2, 0) is 0 Å². The van der Waals surface area contributed by atoms with E-state index in [0.29, 0.717) is 0 Å². The molecule has 0 aromatic rings. The average Bonchev–Trinajstić information content (AvgIpc) is 2.39. The van der Waals surface area contributed by atoms with Gasteiger partial charge in [0.15, 0.2) is 0 Å². The van der Waals surface area contributed by atoms with Crippen molar-refractivity contribution in [1.82, 2.24) is 4.90 Å². The van der Waals surface area contributed by atoms with E-state index < -0.39 is 21.4 Å². The first-order chi connectivity index (χ1) is 5.29. The third kappa shape index (κ3) is 4.41. The van der Waals surface area contributed by atoms with E-state index in [0.717, 1.165) is 0 Å². The zero-order chi connectivity index (χ0) is 8.10. The fourth-order valence-electron chi connectivity index (χ4n) is 2.00. The minimum atomic E-state index is -0.804. The van der Waals surface area contributed by atoms with Gasteiger partial charge in [0.25, 0.3) is 0 Å². The summed E-state index contributed by atoms with van der Waals surface area (Å²) in [5, 5.41) is 0. The van der Waals surface area contributed by atoms with Gasteiger partial charge in [-0.25, -0.2) is 0 Å². The first-order valence-electron chi connectivity index (χ1n) is 4.94. The third-order valence-corrected chi connectivity index (χ3v) is 13.2. The van der Waals surface area contributed by atoms with E-state index in [1.165, 1.54) is 13.0 Å². The summed E-state index contributed by atoms with van der Waals surface area (Å²) < 4.78 is 5.12. The molecule has 1 heterocycles. The van der Waals surface area contributed by atoms with Crippen molar-refractivity contribution in [3.63, 3.8) is 0 Å². The standard InChI is InChI=1S/C5H12N.C4H8.In/c1-4-5-6(2)3;1-3-4-2;/h1,4-5H2,2-3H3;1-4H2;. The minimum absolute atomic E-state index is 0.804. The molecule has 0 bridgehead atoms. The Morgan fingerprint density at radius 3 is 2.36 bits per heavy atom. The maximum absolute atomic E-state index is 2.32. The molecule has 1 aliphatic heterocycles. The van der Waals surface area contributed by atoms with Gasteiger partial charge < -0.3 is 0 Å². The van der Waals surface area contributed by atoms with Crippen molar-refractivity contribution in [3.05, 3.63) is 0 Å². The summed E-state index contributed by atoms with van der Waals surface area (Å²) in [5.41, 5.74) is 0. The predicted molar refractivity (Wildman–Crippen MR) is 52.6 cm³/mol. The van der Waals surface area contributed by atoms with Crippen LogP contribution in [0.25, 0.3) is 0 Å². The molecule has 1 aliphatic rings. The molecule has 0 aromatic carbocycles. The topological polar surface area (TPSA) is 3.24 Å². The molecule has 0 atom stereocenters. The van der Waals surface area contributed by atoms with Gasteiger partial charge in [-0.1, -0.05) is 0 Å². The molecule has 0 saturated carbocycles. The molecule has 11 heavy (non-hydrogen) atoms. The van der Waals surface area contributed by atoms with Crippen LogP contribution in [-0.4, -0.2) is 47.0 Å². The van der Waals surface area contributed by atoms with E-state index in [-0.39, 0.29) is 0 Å². The summed E-state index contributed by atoms with van der Waals surface area (Å²) in [6, 6.07) is 0. The Bertz CT molecular complexity index is 97.7. The van der Waals surface area contributed by atoms with Gasteiger partial charge >= 0.3 is 78.8 Å². The second kappa shape index (κ2) is 5.47. The average molecular weight is 257 g/mol. The van der Waals surface area contributed by atoms with Crippen molar-refractivity contribution in [2.75, 3.05) is 20.6 Å². The maximum atomic E-state index is 2.32. The van der Waals surface area contributed by atoms with Crippen molar-refractivity contribution < 1.29 is 0 Å². The van der Waals surface area contributed by atoms with E-state index in [2.05, 4.69) is 19.0 Å². The van der Waals surface area contributed by atoms with Crippen LogP contribution in [0, 0.1) is 0 Å². The summed E-state index contributed by atoms with van der Waals surface area (Å²) in [7, 11) is 4.37. The number of nitrogens with zero attached hydrogens (tertiary/aromatic N) is 1. The van der Waals surface area contributed by atoms with Crippen LogP contribution in [0.2, 0.25) is 12.5 Å². The van der Waals surface area contributed by atoms with E-state index in [1.807, 2.05) is 0 Å². The molecule has 1 fully saturated rings. The third-order valence-electron chi connectivity index (χ3n) is 2.69. The molecule has 0 radical (unpaired) electrons. The zero-order valence-electron chi connectivity index (χ0n) is 7.97. The van der Waals surface area contributed by atoms with Gasteiger partial charge in [0.1, 0.15) is 0 Å². The van der Waals surface area contributed by atoms with Crippen molar-refractivity contribution >= 4 is 21.4 Å². The van der Waals surface area contributed by atoms with Gasteiger partial charge in [-0.2, -0.15) is 0 Å². The van der Waals surface area contributed by atoms with Crippen LogP contribution in [0.15, 0.2) is 0 Å². The second-order valence-electron chi connectivity index (χ2n) is 4.10. The van der Waals surface area contributed by atoms with Gasteiger partial charge in [0, 0.05) is 0 Å². The molecule has 2 heteroatoms. The number of hydrogen-bond acceptors (Lipinski definition) is 1. The molecule has 0 aromatic heterocycles. The molecule has 0 N–H and O–H groups in total. The summed E-state index contributed by atoms with van der Waals surface area (Å²) in [6.07, 6.45) is 4.67. The molecule has 64 valence electrons. The summed E-state index contributed by atoms with van der Waals surface area (Å²) in [4.78, 5) is 2.32. The van der Waals surface area contributed by atoms with Crippen molar-refractivity contribution in [3.8, 4) is 0 Å². The zero-order valence-corrected chi connectivity index (χ0v) is 11.3. The fourth-order valence-corrected chi connectivity index (χ4v) is 11.6. The van der Waals surface area contributed by atoms with Gasteiger partial charge in [0.2, 0.25) is 0 Å². The molecular weight excluding hydrogens is 237 g/mol. The Balaban J connectivity index is 1.94. The molecule has 0 unspecified atom stereocenters. The van der Waals surface area contributed by atoms with E-state index in [9.17, 15) is 0 Å². The Hall–Kier alpha value is 0.830. The predicted octanol–water partition coefficient (Wildman–Crippen LogP) is 2.23. The summed E-state index contributed by atoms with van der Waals surface area (Å²) >= 11 is -0.804. The number of hydrogen-bond donors (Lipinski definition) is 0. The molecule has 1 nitrogen and oxygen atoms in total. The fraction of sp³-hybridized carbons (Fsp3) is 1.00. The Labute approximate surface area is 78.7 Å².